The molecule has 0 aliphatic heterocycles. The molecule has 2 nitrogen and oxygen atoms in total. The van der Waals surface area contributed by atoms with Crippen LogP contribution in [0.3, 0.4) is 0 Å². The molecule has 2 rings (SSSR count). The number of hydrogen-bond donors (Lipinski definition) is 2. The van der Waals surface area contributed by atoms with E-state index in [0.29, 0.717) is 5.75 Å². The van der Waals surface area contributed by atoms with E-state index in [4.69, 9.17) is 0 Å². The fraction of sp³-hybridized carbons (Fsp3) is 0.333. The van der Waals surface area contributed by atoms with Gasteiger partial charge in [0.2, 0.25) is 0 Å². The van der Waals surface area contributed by atoms with Crippen LogP contribution in [0.15, 0.2) is 36.4 Å². The largest absolute Gasteiger partial charge is 0.507 e. The van der Waals surface area contributed by atoms with Gasteiger partial charge in [0.25, 0.3) is 0 Å². The van der Waals surface area contributed by atoms with Crippen molar-refractivity contribution in [3.05, 3.63) is 64.2 Å². The van der Waals surface area contributed by atoms with Gasteiger partial charge in [-0.15, -0.1) is 0 Å². The molecule has 2 aromatic carbocycles. The molecule has 0 radical (unpaired) electrons. The van der Waals surface area contributed by atoms with Crippen LogP contribution in [-0.4, -0.2) is 11.7 Å². The Bertz CT molecular complexity index is 567. The lowest BCUT2D eigenvalue weighted by Crippen LogP contribution is -2.16. The number of rotatable bonds is 5. The minimum Gasteiger partial charge on any atom is -0.507 e. The number of aryl methyl sites for hydroxylation is 3. The van der Waals surface area contributed by atoms with E-state index in [1.54, 1.807) is 0 Å². The molecule has 0 unspecified atom stereocenters. The molecule has 0 fully saturated rings. The normalized spacial score (nSPS) is 10.8. The van der Waals surface area contributed by atoms with E-state index in [0.717, 1.165) is 30.6 Å². The summed E-state index contributed by atoms with van der Waals surface area (Å²) in [5.74, 6) is 0.411. The van der Waals surface area contributed by atoms with Crippen molar-refractivity contribution >= 4 is 0 Å². The Balaban J connectivity index is 1.84. The number of phenols is 1. The maximum Gasteiger partial charge on any atom is 0.121 e. The molecule has 106 valence electrons. The van der Waals surface area contributed by atoms with E-state index in [9.17, 15) is 5.11 Å². The predicted octanol–water partition coefficient (Wildman–Crippen LogP) is 3.65. The Hall–Kier alpha value is -1.80. The Labute approximate surface area is 121 Å². The molecule has 0 spiro atoms. The van der Waals surface area contributed by atoms with Crippen molar-refractivity contribution in [3.8, 4) is 5.75 Å². The molecule has 0 aliphatic rings. The van der Waals surface area contributed by atoms with Crippen molar-refractivity contribution in [2.75, 3.05) is 6.54 Å². The van der Waals surface area contributed by atoms with Crippen LogP contribution in [-0.2, 0) is 13.0 Å². The fourth-order valence-electron chi connectivity index (χ4n) is 2.48. The number of phenolic OH excluding ortho intramolecular Hbond substituents is 1. The average molecular weight is 269 g/mol. The molecule has 0 aliphatic carbocycles. The molecule has 0 heterocycles. The van der Waals surface area contributed by atoms with E-state index in [1.165, 1.54) is 16.7 Å². The standard InChI is InChI=1S/C18H23NO/c1-13-5-4-6-16(9-13)7-8-19-12-17-10-14(2)18(20)15(3)11-17/h4-6,9-11,19-20H,7-8,12H2,1-3H3. The zero-order chi connectivity index (χ0) is 14.5. The first-order valence-corrected chi connectivity index (χ1v) is 7.11. The Morgan fingerprint density at radius 1 is 0.950 bits per heavy atom. The van der Waals surface area contributed by atoms with E-state index in [2.05, 4.69) is 36.5 Å². The predicted molar refractivity (Wildman–Crippen MR) is 84.2 cm³/mol. The van der Waals surface area contributed by atoms with Crippen molar-refractivity contribution in [1.29, 1.82) is 0 Å². The van der Waals surface area contributed by atoms with Gasteiger partial charge in [-0.2, -0.15) is 0 Å². The van der Waals surface area contributed by atoms with Gasteiger partial charge >= 0.3 is 0 Å². The molecular weight excluding hydrogens is 246 g/mol. The lowest BCUT2D eigenvalue weighted by atomic mass is 10.1. The first kappa shape index (κ1) is 14.6. The summed E-state index contributed by atoms with van der Waals surface area (Å²) < 4.78 is 0. The summed E-state index contributed by atoms with van der Waals surface area (Å²) in [4.78, 5) is 0. The van der Waals surface area contributed by atoms with Gasteiger partial charge in [0.15, 0.2) is 0 Å². The highest BCUT2D eigenvalue weighted by Gasteiger charge is 2.03. The highest BCUT2D eigenvalue weighted by molar-refractivity contribution is 5.42. The van der Waals surface area contributed by atoms with Gasteiger partial charge in [-0.1, -0.05) is 42.0 Å². The van der Waals surface area contributed by atoms with Gasteiger partial charge in [-0.05, 0) is 56.0 Å². The maximum absolute atomic E-state index is 9.76. The van der Waals surface area contributed by atoms with Gasteiger partial charge in [-0.25, -0.2) is 0 Å². The van der Waals surface area contributed by atoms with Crippen LogP contribution in [0.25, 0.3) is 0 Å². The molecule has 0 amide bonds. The van der Waals surface area contributed by atoms with Crippen molar-refractivity contribution in [2.24, 2.45) is 0 Å². The molecule has 0 saturated heterocycles. The summed E-state index contributed by atoms with van der Waals surface area (Å²) in [5, 5.41) is 13.2. The van der Waals surface area contributed by atoms with Crippen LogP contribution in [0.1, 0.15) is 27.8 Å². The second kappa shape index (κ2) is 6.58. The number of benzene rings is 2. The van der Waals surface area contributed by atoms with Gasteiger partial charge in [0, 0.05) is 6.54 Å². The molecular formula is C18H23NO. The van der Waals surface area contributed by atoms with Crippen molar-refractivity contribution in [3.63, 3.8) is 0 Å². The number of hydrogen-bond acceptors (Lipinski definition) is 2. The number of nitrogens with one attached hydrogen (secondary N) is 1. The minimum atomic E-state index is 0.411. The first-order chi connectivity index (χ1) is 9.56. The van der Waals surface area contributed by atoms with Crippen LogP contribution >= 0.6 is 0 Å². The van der Waals surface area contributed by atoms with E-state index in [1.807, 2.05) is 26.0 Å². The Kier molecular flexibility index (Phi) is 4.80. The lowest BCUT2D eigenvalue weighted by Gasteiger charge is -2.09. The summed E-state index contributed by atoms with van der Waals surface area (Å²) in [6.45, 7) is 7.81. The molecule has 2 heteroatoms. The second-order valence-electron chi connectivity index (χ2n) is 5.49. The zero-order valence-electron chi connectivity index (χ0n) is 12.5. The summed E-state index contributed by atoms with van der Waals surface area (Å²) in [6, 6.07) is 12.7. The van der Waals surface area contributed by atoms with E-state index in [-0.39, 0.29) is 0 Å². The van der Waals surface area contributed by atoms with Gasteiger partial charge in [-0.3, -0.25) is 0 Å². The van der Waals surface area contributed by atoms with Crippen molar-refractivity contribution < 1.29 is 5.11 Å². The van der Waals surface area contributed by atoms with Gasteiger partial charge < -0.3 is 10.4 Å². The van der Waals surface area contributed by atoms with Crippen LogP contribution in [0.4, 0.5) is 0 Å². The molecule has 20 heavy (non-hydrogen) atoms. The topological polar surface area (TPSA) is 32.3 Å². The molecule has 0 bridgehead atoms. The van der Waals surface area contributed by atoms with Gasteiger partial charge in [0.1, 0.15) is 5.75 Å². The SMILES string of the molecule is Cc1cccc(CCNCc2cc(C)c(O)c(C)c2)c1. The molecule has 2 N–H and O–H groups in total. The third-order valence-electron chi connectivity index (χ3n) is 3.55. The minimum absolute atomic E-state index is 0.411. The number of aromatic hydroxyl groups is 1. The molecule has 0 saturated carbocycles. The Morgan fingerprint density at radius 2 is 1.65 bits per heavy atom. The molecule has 2 aromatic rings. The lowest BCUT2D eigenvalue weighted by molar-refractivity contribution is 0.466. The van der Waals surface area contributed by atoms with Crippen LogP contribution in [0.2, 0.25) is 0 Å². The molecule has 0 aromatic heterocycles. The van der Waals surface area contributed by atoms with E-state index >= 15 is 0 Å². The van der Waals surface area contributed by atoms with Crippen LogP contribution in [0.5, 0.6) is 5.75 Å². The smallest absolute Gasteiger partial charge is 0.121 e. The zero-order valence-corrected chi connectivity index (χ0v) is 12.5. The first-order valence-electron chi connectivity index (χ1n) is 7.11. The third kappa shape index (κ3) is 3.84. The fourth-order valence-corrected chi connectivity index (χ4v) is 2.48. The summed E-state index contributed by atoms with van der Waals surface area (Å²) in [5.41, 5.74) is 5.80. The highest BCUT2D eigenvalue weighted by Crippen LogP contribution is 2.22. The quantitative estimate of drug-likeness (QED) is 0.812. The average Bonchev–Trinajstić information content (AvgIpc) is 2.41. The maximum atomic E-state index is 9.76. The molecule has 0 atom stereocenters. The Morgan fingerprint density at radius 3 is 2.30 bits per heavy atom. The summed E-state index contributed by atoms with van der Waals surface area (Å²) in [6.07, 6.45) is 1.04. The van der Waals surface area contributed by atoms with Gasteiger partial charge in [0.05, 0.1) is 0 Å². The van der Waals surface area contributed by atoms with Crippen molar-refractivity contribution in [2.45, 2.75) is 33.7 Å². The third-order valence-corrected chi connectivity index (χ3v) is 3.55. The van der Waals surface area contributed by atoms with Crippen molar-refractivity contribution in [1.82, 2.24) is 5.32 Å². The van der Waals surface area contributed by atoms with E-state index < -0.39 is 0 Å². The highest BCUT2D eigenvalue weighted by atomic mass is 16.3. The van der Waals surface area contributed by atoms with Crippen LogP contribution < -0.4 is 5.32 Å². The van der Waals surface area contributed by atoms with Crippen LogP contribution in [0, 0.1) is 20.8 Å². The monoisotopic (exact) mass is 269 g/mol. The second-order valence-corrected chi connectivity index (χ2v) is 5.49. The summed E-state index contributed by atoms with van der Waals surface area (Å²) in [7, 11) is 0. The summed E-state index contributed by atoms with van der Waals surface area (Å²) >= 11 is 0.